The molecule has 0 radical (unpaired) electrons. The van der Waals surface area contributed by atoms with E-state index in [0.29, 0.717) is 12.2 Å². The molecular weight excluding hydrogens is 323 g/mol. The van der Waals surface area contributed by atoms with E-state index in [1.54, 1.807) is 17.0 Å². The second-order valence-corrected chi connectivity index (χ2v) is 6.98. The Morgan fingerprint density at radius 3 is 2.72 bits per heavy atom. The lowest BCUT2D eigenvalue weighted by Gasteiger charge is -2.35. The third-order valence-corrected chi connectivity index (χ3v) is 5.13. The van der Waals surface area contributed by atoms with Gasteiger partial charge in [0.1, 0.15) is 5.82 Å². The first-order valence-corrected chi connectivity index (χ1v) is 8.72. The summed E-state index contributed by atoms with van der Waals surface area (Å²) in [5.74, 6) is -0.474. The van der Waals surface area contributed by atoms with Crippen LogP contribution < -0.4 is 10.2 Å². The minimum absolute atomic E-state index is 0.0992. The number of amides is 3. The highest BCUT2D eigenvalue weighted by molar-refractivity contribution is 5.96. The molecule has 0 saturated carbocycles. The lowest BCUT2D eigenvalue weighted by atomic mass is 10.0. The number of hydrogen-bond acceptors (Lipinski definition) is 3. The quantitative estimate of drug-likeness (QED) is 0.904. The normalized spacial score (nSPS) is 22.3. The first-order valence-electron chi connectivity index (χ1n) is 8.72. The summed E-state index contributed by atoms with van der Waals surface area (Å²) in [6, 6.07) is 5.80. The predicted octanol–water partition coefficient (Wildman–Crippen LogP) is 1.67. The van der Waals surface area contributed by atoms with Gasteiger partial charge in [-0.3, -0.25) is 4.79 Å². The van der Waals surface area contributed by atoms with Crippen LogP contribution in [-0.4, -0.2) is 67.6 Å². The number of carbonyl (C=O) groups is 2. The fourth-order valence-electron chi connectivity index (χ4n) is 3.52. The van der Waals surface area contributed by atoms with E-state index in [4.69, 9.17) is 0 Å². The van der Waals surface area contributed by atoms with Gasteiger partial charge < -0.3 is 20.0 Å². The Hall–Kier alpha value is -2.15. The van der Waals surface area contributed by atoms with Crippen LogP contribution in [0, 0.1) is 5.82 Å². The number of anilines is 1. The van der Waals surface area contributed by atoms with Gasteiger partial charge in [0.2, 0.25) is 5.91 Å². The van der Waals surface area contributed by atoms with Crippen LogP contribution in [-0.2, 0) is 4.79 Å². The van der Waals surface area contributed by atoms with Crippen LogP contribution in [0.2, 0.25) is 0 Å². The Morgan fingerprint density at radius 2 is 2.04 bits per heavy atom. The molecule has 3 amide bonds. The summed E-state index contributed by atoms with van der Waals surface area (Å²) < 4.78 is 13.4. The summed E-state index contributed by atoms with van der Waals surface area (Å²) in [4.78, 5) is 30.3. The maximum atomic E-state index is 13.4. The third kappa shape index (κ3) is 4.10. The van der Waals surface area contributed by atoms with Crippen molar-refractivity contribution in [3.05, 3.63) is 30.1 Å². The van der Waals surface area contributed by atoms with E-state index in [0.717, 1.165) is 25.9 Å². The summed E-state index contributed by atoms with van der Waals surface area (Å²) in [6.07, 6.45) is 2.16. The summed E-state index contributed by atoms with van der Waals surface area (Å²) >= 11 is 0. The molecule has 0 bridgehead atoms. The van der Waals surface area contributed by atoms with Gasteiger partial charge in [-0.05, 0) is 51.2 Å². The maximum Gasteiger partial charge on any atom is 0.317 e. The number of piperidine rings is 1. The van der Waals surface area contributed by atoms with Crippen LogP contribution in [0.15, 0.2) is 24.3 Å². The van der Waals surface area contributed by atoms with Crippen LogP contribution in [0.5, 0.6) is 0 Å². The zero-order valence-electron chi connectivity index (χ0n) is 14.7. The van der Waals surface area contributed by atoms with E-state index in [-0.39, 0.29) is 36.3 Å². The number of nitrogens with one attached hydrogen (secondary N) is 1. The average molecular weight is 348 g/mol. The van der Waals surface area contributed by atoms with Crippen molar-refractivity contribution in [2.24, 2.45) is 0 Å². The van der Waals surface area contributed by atoms with E-state index in [1.165, 1.54) is 17.0 Å². The monoisotopic (exact) mass is 348 g/mol. The fraction of sp³-hybridized carbons (Fsp3) is 0.556. The molecule has 6 nitrogen and oxygen atoms in total. The molecule has 2 aliphatic rings. The topological polar surface area (TPSA) is 55.9 Å². The van der Waals surface area contributed by atoms with Crippen molar-refractivity contribution in [1.29, 1.82) is 0 Å². The molecule has 0 aromatic heterocycles. The molecule has 2 aliphatic heterocycles. The second kappa shape index (κ2) is 7.39. The van der Waals surface area contributed by atoms with Crippen molar-refractivity contribution < 1.29 is 14.0 Å². The van der Waals surface area contributed by atoms with Gasteiger partial charge in [0, 0.05) is 31.7 Å². The third-order valence-electron chi connectivity index (χ3n) is 5.13. The number of hydrogen-bond donors (Lipinski definition) is 1. The number of halogens is 1. The molecule has 25 heavy (non-hydrogen) atoms. The molecular formula is C18H25FN4O2. The van der Waals surface area contributed by atoms with Gasteiger partial charge in [-0.2, -0.15) is 0 Å². The molecule has 136 valence electrons. The van der Waals surface area contributed by atoms with E-state index in [1.807, 2.05) is 7.05 Å². The molecule has 7 heteroatoms. The largest absolute Gasteiger partial charge is 0.333 e. The number of likely N-dealkylation sites (tertiary alicyclic amines) is 1. The maximum absolute atomic E-state index is 13.4. The summed E-state index contributed by atoms with van der Waals surface area (Å²) in [5.41, 5.74) is 0.533. The predicted molar refractivity (Wildman–Crippen MR) is 94.0 cm³/mol. The highest BCUT2D eigenvalue weighted by Gasteiger charge is 2.33. The van der Waals surface area contributed by atoms with E-state index in [2.05, 4.69) is 17.3 Å². The SMILES string of the molecule is CN1CCC(N(C)C(=O)N[C@@H]2CC(=O)N(c3cccc(F)c3)C2)CC1. The van der Waals surface area contributed by atoms with E-state index < -0.39 is 0 Å². The van der Waals surface area contributed by atoms with Gasteiger partial charge in [0.15, 0.2) is 0 Å². The molecule has 1 atom stereocenters. The number of benzene rings is 1. The molecule has 0 unspecified atom stereocenters. The number of rotatable bonds is 3. The minimum Gasteiger partial charge on any atom is -0.333 e. The Balaban J connectivity index is 1.56. The Morgan fingerprint density at radius 1 is 1.32 bits per heavy atom. The van der Waals surface area contributed by atoms with E-state index in [9.17, 15) is 14.0 Å². The molecule has 2 heterocycles. The van der Waals surface area contributed by atoms with Crippen LogP contribution in [0.3, 0.4) is 0 Å². The highest BCUT2D eigenvalue weighted by atomic mass is 19.1. The van der Waals surface area contributed by atoms with Crippen molar-refractivity contribution in [2.45, 2.75) is 31.3 Å². The smallest absolute Gasteiger partial charge is 0.317 e. The number of nitrogens with zero attached hydrogens (tertiary/aromatic N) is 3. The highest BCUT2D eigenvalue weighted by Crippen LogP contribution is 2.22. The van der Waals surface area contributed by atoms with Gasteiger partial charge >= 0.3 is 6.03 Å². The van der Waals surface area contributed by atoms with Gasteiger partial charge in [0.25, 0.3) is 0 Å². The molecule has 0 aliphatic carbocycles. The first-order chi connectivity index (χ1) is 11.9. The van der Waals surface area contributed by atoms with E-state index >= 15 is 0 Å². The summed E-state index contributed by atoms with van der Waals surface area (Å²) in [5, 5.41) is 2.95. The summed E-state index contributed by atoms with van der Waals surface area (Å²) in [7, 11) is 3.90. The lowest BCUT2D eigenvalue weighted by molar-refractivity contribution is -0.117. The van der Waals surface area contributed by atoms with Crippen molar-refractivity contribution >= 4 is 17.6 Å². The van der Waals surface area contributed by atoms with Crippen LogP contribution in [0.25, 0.3) is 0 Å². The van der Waals surface area contributed by atoms with Crippen LogP contribution in [0.1, 0.15) is 19.3 Å². The first kappa shape index (κ1) is 17.7. The molecule has 1 aromatic carbocycles. The van der Waals surface area contributed by atoms with Gasteiger partial charge in [-0.1, -0.05) is 6.07 Å². The molecule has 2 fully saturated rings. The van der Waals surface area contributed by atoms with Crippen LogP contribution >= 0.6 is 0 Å². The molecule has 1 N–H and O–H groups in total. The Kier molecular flexibility index (Phi) is 5.22. The van der Waals surface area contributed by atoms with Crippen molar-refractivity contribution in [3.8, 4) is 0 Å². The Labute approximate surface area is 147 Å². The van der Waals surface area contributed by atoms with Crippen molar-refractivity contribution in [1.82, 2.24) is 15.1 Å². The summed E-state index contributed by atoms with van der Waals surface area (Å²) in [6.45, 7) is 2.34. The van der Waals surface area contributed by atoms with Crippen molar-refractivity contribution in [2.75, 3.05) is 38.6 Å². The molecule has 1 aromatic rings. The molecule has 3 rings (SSSR count). The number of carbonyl (C=O) groups excluding carboxylic acids is 2. The zero-order chi connectivity index (χ0) is 18.0. The van der Waals surface area contributed by atoms with Crippen LogP contribution in [0.4, 0.5) is 14.9 Å². The van der Waals surface area contributed by atoms with Gasteiger partial charge in [-0.15, -0.1) is 0 Å². The number of urea groups is 1. The zero-order valence-corrected chi connectivity index (χ0v) is 14.7. The minimum atomic E-state index is -0.375. The van der Waals surface area contributed by atoms with Gasteiger partial charge in [-0.25, -0.2) is 9.18 Å². The average Bonchev–Trinajstić information content (AvgIpc) is 2.95. The van der Waals surface area contributed by atoms with Gasteiger partial charge in [0.05, 0.1) is 6.04 Å². The second-order valence-electron chi connectivity index (χ2n) is 6.98. The standard InChI is InChI=1S/C18H25FN4O2/c1-21-8-6-15(7-9-21)22(2)18(25)20-14-11-17(24)23(12-14)16-5-3-4-13(19)10-16/h3-5,10,14-15H,6-9,11-12H2,1-2H3,(H,20,25)/t14-/m1/s1. The van der Waals surface area contributed by atoms with Crippen molar-refractivity contribution in [3.63, 3.8) is 0 Å². The molecule has 0 spiro atoms. The Bertz CT molecular complexity index is 646. The lowest BCUT2D eigenvalue weighted by Crippen LogP contribution is -2.50. The fourth-order valence-corrected chi connectivity index (χ4v) is 3.52. The molecule has 2 saturated heterocycles.